The van der Waals surface area contributed by atoms with Gasteiger partial charge in [0.25, 0.3) is 0 Å². The molecule has 2 rings (SSSR count). The molecule has 1 saturated heterocycles. The molecule has 1 aromatic heterocycles. The molecule has 0 aromatic carbocycles. The van der Waals surface area contributed by atoms with Crippen molar-refractivity contribution in [2.75, 3.05) is 44.2 Å². The van der Waals surface area contributed by atoms with Crippen molar-refractivity contribution in [3.8, 4) is 0 Å². The minimum absolute atomic E-state index is 0.820. The van der Waals surface area contributed by atoms with Gasteiger partial charge >= 0.3 is 0 Å². The lowest BCUT2D eigenvalue weighted by Crippen LogP contribution is -2.47. The minimum atomic E-state index is 0.820. The number of rotatable bonds is 6. The zero-order chi connectivity index (χ0) is 13.5. The third kappa shape index (κ3) is 4.44. The summed E-state index contributed by atoms with van der Waals surface area (Å²) in [5.74, 6) is 1.91. The molecule has 1 fully saturated rings. The second-order valence-corrected chi connectivity index (χ2v) is 5.14. The summed E-state index contributed by atoms with van der Waals surface area (Å²) in [5.41, 5.74) is 5.51. The Hall–Kier alpha value is -1.20. The first-order valence-electron chi connectivity index (χ1n) is 7.26. The fraction of sp³-hybridized carbons (Fsp3) is 0.714. The highest BCUT2D eigenvalue weighted by molar-refractivity contribution is 5.37. The number of nitrogens with two attached hydrogens (primary N) is 1. The zero-order valence-corrected chi connectivity index (χ0v) is 11.9. The van der Waals surface area contributed by atoms with Crippen LogP contribution in [0, 0.1) is 6.92 Å². The molecule has 2 heterocycles. The van der Waals surface area contributed by atoms with E-state index in [1.54, 1.807) is 0 Å². The second kappa shape index (κ2) is 7.40. The molecule has 1 aliphatic rings. The summed E-state index contributed by atoms with van der Waals surface area (Å²) >= 11 is 0. The summed E-state index contributed by atoms with van der Waals surface area (Å²) < 4.78 is 0. The van der Waals surface area contributed by atoms with Crippen molar-refractivity contribution >= 4 is 5.82 Å². The van der Waals surface area contributed by atoms with Gasteiger partial charge in [-0.25, -0.2) is 9.97 Å². The number of piperazine rings is 1. The fourth-order valence-electron chi connectivity index (χ4n) is 2.48. The summed E-state index contributed by atoms with van der Waals surface area (Å²) in [7, 11) is 0. The van der Waals surface area contributed by atoms with E-state index in [0.29, 0.717) is 0 Å². The molecule has 0 amide bonds. The molecule has 0 unspecified atom stereocenters. The van der Waals surface area contributed by atoms with Gasteiger partial charge in [0.1, 0.15) is 11.6 Å². The monoisotopic (exact) mass is 263 g/mol. The van der Waals surface area contributed by atoms with Gasteiger partial charge in [0.2, 0.25) is 0 Å². The van der Waals surface area contributed by atoms with Crippen LogP contribution < -0.4 is 10.6 Å². The van der Waals surface area contributed by atoms with E-state index in [1.807, 2.05) is 19.2 Å². The molecule has 19 heavy (non-hydrogen) atoms. The molecule has 0 bridgehead atoms. The highest BCUT2D eigenvalue weighted by Crippen LogP contribution is 2.13. The first-order chi connectivity index (χ1) is 9.29. The van der Waals surface area contributed by atoms with Crippen LogP contribution in [-0.4, -0.2) is 54.1 Å². The number of unbranched alkanes of at least 4 members (excludes halogenated alkanes) is 2. The Kier molecular flexibility index (Phi) is 5.54. The van der Waals surface area contributed by atoms with Gasteiger partial charge in [-0.15, -0.1) is 0 Å². The van der Waals surface area contributed by atoms with Gasteiger partial charge in [0.15, 0.2) is 0 Å². The van der Waals surface area contributed by atoms with E-state index in [9.17, 15) is 0 Å². The van der Waals surface area contributed by atoms with Crippen LogP contribution in [0.4, 0.5) is 5.82 Å². The molecule has 106 valence electrons. The van der Waals surface area contributed by atoms with Crippen LogP contribution >= 0.6 is 0 Å². The molecule has 2 N–H and O–H groups in total. The maximum atomic E-state index is 5.51. The summed E-state index contributed by atoms with van der Waals surface area (Å²) in [6, 6.07) is 2.00. The lowest BCUT2D eigenvalue weighted by molar-refractivity contribution is 0.252. The average Bonchev–Trinajstić information content (AvgIpc) is 2.44. The first-order valence-corrected chi connectivity index (χ1v) is 7.26. The normalized spacial score (nSPS) is 16.8. The molecule has 0 saturated carbocycles. The molecule has 1 aromatic rings. The highest BCUT2D eigenvalue weighted by atomic mass is 15.3. The molecule has 0 aliphatic carbocycles. The van der Waals surface area contributed by atoms with Crippen LogP contribution in [0.2, 0.25) is 0 Å². The molecule has 0 radical (unpaired) electrons. The summed E-state index contributed by atoms with van der Waals surface area (Å²) in [5, 5.41) is 0. The predicted octanol–water partition coefficient (Wildman–Crippen LogP) is 1.04. The van der Waals surface area contributed by atoms with Crippen LogP contribution in [0.5, 0.6) is 0 Å². The lowest BCUT2D eigenvalue weighted by Gasteiger charge is -2.35. The molecule has 0 atom stereocenters. The lowest BCUT2D eigenvalue weighted by atomic mass is 10.2. The van der Waals surface area contributed by atoms with Crippen molar-refractivity contribution in [3.05, 3.63) is 18.1 Å². The maximum Gasteiger partial charge on any atom is 0.132 e. The topological polar surface area (TPSA) is 58.3 Å². The zero-order valence-electron chi connectivity index (χ0n) is 11.9. The SMILES string of the molecule is Cc1nccc(N2CCN(CCCCCN)CC2)n1. The molecular formula is C14H25N5. The fourth-order valence-corrected chi connectivity index (χ4v) is 2.48. The van der Waals surface area contributed by atoms with E-state index in [1.165, 1.54) is 19.4 Å². The van der Waals surface area contributed by atoms with E-state index in [2.05, 4.69) is 19.8 Å². The summed E-state index contributed by atoms with van der Waals surface area (Å²) in [6.45, 7) is 8.35. The molecule has 1 aliphatic heterocycles. The highest BCUT2D eigenvalue weighted by Gasteiger charge is 2.17. The van der Waals surface area contributed by atoms with Crippen molar-refractivity contribution in [3.63, 3.8) is 0 Å². The summed E-state index contributed by atoms with van der Waals surface area (Å²) in [6.07, 6.45) is 5.52. The third-order valence-corrected chi connectivity index (χ3v) is 3.64. The van der Waals surface area contributed by atoms with Gasteiger partial charge in [-0.05, 0) is 38.9 Å². The Morgan fingerprint density at radius 1 is 1.16 bits per heavy atom. The van der Waals surface area contributed by atoms with Crippen molar-refractivity contribution in [1.29, 1.82) is 0 Å². The predicted molar refractivity (Wildman–Crippen MR) is 78.3 cm³/mol. The first kappa shape index (κ1) is 14.2. The Balaban J connectivity index is 1.73. The van der Waals surface area contributed by atoms with Crippen LogP contribution in [0.15, 0.2) is 12.3 Å². The number of hydrogen-bond donors (Lipinski definition) is 1. The van der Waals surface area contributed by atoms with Crippen molar-refractivity contribution in [2.24, 2.45) is 5.73 Å². The van der Waals surface area contributed by atoms with E-state index in [-0.39, 0.29) is 0 Å². The van der Waals surface area contributed by atoms with E-state index in [0.717, 1.165) is 50.8 Å². The number of anilines is 1. The number of hydrogen-bond acceptors (Lipinski definition) is 5. The second-order valence-electron chi connectivity index (χ2n) is 5.14. The standard InChI is InChI=1S/C14H25N5/c1-13-16-7-5-14(17-13)19-11-9-18(10-12-19)8-4-2-3-6-15/h5,7H,2-4,6,8-12,15H2,1H3. The smallest absolute Gasteiger partial charge is 0.132 e. The van der Waals surface area contributed by atoms with E-state index < -0.39 is 0 Å². The van der Waals surface area contributed by atoms with Crippen LogP contribution in [0.25, 0.3) is 0 Å². The van der Waals surface area contributed by atoms with Crippen molar-refractivity contribution < 1.29 is 0 Å². The van der Waals surface area contributed by atoms with E-state index >= 15 is 0 Å². The average molecular weight is 263 g/mol. The molecule has 5 heteroatoms. The van der Waals surface area contributed by atoms with Crippen LogP contribution in [0.3, 0.4) is 0 Å². The number of nitrogens with zero attached hydrogens (tertiary/aromatic N) is 4. The van der Waals surface area contributed by atoms with Gasteiger partial charge in [0, 0.05) is 32.4 Å². The molecule has 5 nitrogen and oxygen atoms in total. The minimum Gasteiger partial charge on any atom is -0.354 e. The van der Waals surface area contributed by atoms with Gasteiger partial charge in [-0.2, -0.15) is 0 Å². The Labute approximate surface area is 115 Å². The third-order valence-electron chi connectivity index (χ3n) is 3.64. The van der Waals surface area contributed by atoms with Crippen LogP contribution in [-0.2, 0) is 0 Å². The van der Waals surface area contributed by atoms with Crippen molar-refractivity contribution in [1.82, 2.24) is 14.9 Å². The van der Waals surface area contributed by atoms with E-state index in [4.69, 9.17) is 5.73 Å². The van der Waals surface area contributed by atoms with Gasteiger partial charge in [-0.1, -0.05) is 6.42 Å². The molecular weight excluding hydrogens is 238 g/mol. The Morgan fingerprint density at radius 2 is 1.95 bits per heavy atom. The van der Waals surface area contributed by atoms with Gasteiger partial charge < -0.3 is 10.6 Å². The number of aryl methyl sites for hydroxylation is 1. The van der Waals surface area contributed by atoms with Gasteiger partial charge in [0.05, 0.1) is 0 Å². The quantitative estimate of drug-likeness (QED) is 0.777. The summed E-state index contributed by atoms with van der Waals surface area (Å²) in [4.78, 5) is 13.5. The van der Waals surface area contributed by atoms with Gasteiger partial charge in [-0.3, -0.25) is 4.90 Å². The molecule has 0 spiro atoms. The Morgan fingerprint density at radius 3 is 2.63 bits per heavy atom. The maximum absolute atomic E-state index is 5.51. The van der Waals surface area contributed by atoms with Crippen molar-refractivity contribution in [2.45, 2.75) is 26.2 Å². The van der Waals surface area contributed by atoms with Crippen LogP contribution in [0.1, 0.15) is 25.1 Å². The Bertz CT molecular complexity index is 374. The number of aromatic nitrogens is 2. The largest absolute Gasteiger partial charge is 0.354 e.